The molecule has 1 aliphatic rings. The van der Waals surface area contributed by atoms with Gasteiger partial charge in [-0.3, -0.25) is 9.59 Å². The Labute approximate surface area is 160 Å². The third-order valence-electron chi connectivity index (χ3n) is 4.60. The maximum absolute atomic E-state index is 12.4. The first-order chi connectivity index (χ1) is 13.0. The Bertz CT molecular complexity index is 1090. The van der Waals surface area contributed by atoms with Crippen molar-refractivity contribution in [2.24, 2.45) is 5.92 Å². The number of ether oxygens (including phenoxy) is 2. The molecule has 1 aromatic heterocycles. The third-order valence-corrected chi connectivity index (χ3v) is 4.84. The van der Waals surface area contributed by atoms with E-state index in [-0.39, 0.29) is 18.8 Å². The first-order valence-electron chi connectivity index (χ1n) is 8.57. The van der Waals surface area contributed by atoms with Gasteiger partial charge < -0.3 is 14.5 Å². The zero-order valence-electron chi connectivity index (χ0n) is 14.6. The molecule has 0 radical (unpaired) electrons. The van der Waals surface area contributed by atoms with Crippen LogP contribution in [-0.2, 0) is 22.6 Å². The number of benzene rings is 2. The van der Waals surface area contributed by atoms with Crippen LogP contribution in [0.1, 0.15) is 17.0 Å². The molecule has 4 rings (SSSR count). The van der Waals surface area contributed by atoms with Gasteiger partial charge in [-0.25, -0.2) is 4.98 Å². The average Bonchev–Trinajstić information content (AvgIpc) is 2.66. The van der Waals surface area contributed by atoms with Gasteiger partial charge in [-0.05, 0) is 48.7 Å². The van der Waals surface area contributed by atoms with Crippen LogP contribution < -0.4 is 10.3 Å². The number of carbonyl (C=O) groups excluding carboxylic acids is 1. The molecule has 0 saturated carbocycles. The molecule has 0 unspecified atom stereocenters. The second kappa shape index (κ2) is 7.04. The summed E-state index contributed by atoms with van der Waals surface area (Å²) in [5.74, 6) is 0.229. The number of carbonyl (C=O) groups is 1. The van der Waals surface area contributed by atoms with Crippen LogP contribution in [-0.4, -0.2) is 22.5 Å². The van der Waals surface area contributed by atoms with E-state index in [4.69, 9.17) is 21.1 Å². The van der Waals surface area contributed by atoms with Crippen LogP contribution in [0, 0.1) is 12.8 Å². The van der Waals surface area contributed by atoms with E-state index in [1.165, 1.54) is 0 Å². The molecule has 0 saturated heterocycles. The van der Waals surface area contributed by atoms with Crippen LogP contribution in [0.3, 0.4) is 0 Å². The molecule has 0 aliphatic carbocycles. The SMILES string of the molecule is Cc1cccc2c(=O)[nH]c(COC(=O)[C@H]3COc4ccc(Cl)cc4C3)nc12. The lowest BCUT2D eigenvalue weighted by Crippen LogP contribution is -2.30. The number of aromatic nitrogens is 2. The lowest BCUT2D eigenvalue weighted by atomic mass is 9.97. The van der Waals surface area contributed by atoms with Gasteiger partial charge in [0.2, 0.25) is 0 Å². The van der Waals surface area contributed by atoms with Gasteiger partial charge >= 0.3 is 5.97 Å². The highest BCUT2D eigenvalue weighted by Crippen LogP contribution is 2.30. The lowest BCUT2D eigenvalue weighted by Gasteiger charge is -2.24. The molecule has 27 heavy (non-hydrogen) atoms. The minimum atomic E-state index is -0.426. The standard InChI is InChI=1S/C20H17ClN2O4/c1-11-3-2-4-15-18(11)22-17(23-19(15)24)10-27-20(25)13-7-12-8-14(21)5-6-16(12)26-9-13/h2-6,8,13H,7,9-10H2,1H3,(H,22,23,24)/t13-/m1/s1. The zero-order valence-corrected chi connectivity index (χ0v) is 15.4. The summed E-state index contributed by atoms with van der Waals surface area (Å²) in [7, 11) is 0. The van der Waals surface area contributed by atoms with Crippen LogP contribution in [0.15, 0.2) is 41.2 Å². The van der Waals surface area contributed by atoms with Crippen molar-refractivity contribution >= 4 is 28.5 Å². The minimum absolute atomic E-state index is 0.0999. The van der Waals surface area contributed by atoms with Crippen LogP contribution >= 0.6 is 11.6 Å². The Morgan fingerprint density at radius 3 is 3.07 bits per heavy atom. The molecular weight excluding hydrogens is 368 g/mol. The van der Waals surface area contributed by atoms with Gasteiger partial charge in [0.05, 0.1) is 16.8 Å². The predicted octanol–water partition coefficient (Wildman–Crippen LogP) is 3.18. The summed E-state index contributed by atoms with van der Waals surface area (Å²) in [5.41, 5.74) is 2.13. The fourth-order valence-corrected chi connectivity index (χ4v) is 3.39. The molecule has 2 heterocycles. The quantitative estimate of drug-likeness (QED) is 0.701. The summed E-state index contributed by atoms with van der Waals surface area (Å²) in [5, 5.41) is 1.11. The van der Waals surface area contributed by atoms with Gasteiger partial charge in [-0.1, -0.05) is 23.7 Å². The fraction of sp³-hybridized carbons (Fsp3) is 0.250. The maximum atomic E-state index is 12.4. The molecule has 0 spiro atoms. The van der Waals surface area contributed by atoms with Crippen LogP contribution in [0.2, 0.25) is 5.02 Å². The number of H-pyrrole nitrogens is 1. The van der Waals surface area contributed by atoms with Crippen molar-refractivity contribution in [1.82, 2.24) is 9.97 Å². The smallest absolute Gasteiger partial charge is 0.313 e. The third kappa shape index (κ3) is 3.53. The molecule has 1 aliphatic heterocycles. The van der Waals surface area contributed by atoms with Crippen molar-refractivity contribution in [2.45, 2.75) is 20.0 Å². The van der Waals surface area contributed by atoms with E-state index >= 15 is 0 Å². The lowest BCUT2D eigenvalue weighted by molar-refractivity contribution is -0.151. The van der Waals surface area contributed by atoms with Gasteiger partial charge in [0.25, 0.3) is 5.56 Å². The fourth-order valence-electron chi connectivity index (χ4n) is 3.19. The van der Waals surface area contributed by atoms with E-state index in [0.29, 0.717) is 28.2 Å². The number of nitrogens with zero attached hydrogens (tertiary/aromatic N) is 1. The summed E-state index contributed by atoms with van der Waals surface area (Å²) >= 11 is 6.01. The van der Waals surface area contributed by atoms with Gasteiger partial charge in [-0.2, -0.15) is 0 Å². The Morgan fingerprint density at radius 2 is 2.22 bits per heavy atom. The number of aryl methyl sites for hydroxylation is 1. The minimum Gasteiger partial charge on any atom is -0.492 e. The number of halogens is 1. The topological polar surface area (TPSA) is 81.3 Å². The Morgan fingerprint density at radius 1 is 1.37 bits per heavy atom. The molecule has 0 bridgehead atoms. The van der Waals surface area contributed by atoms with E-state index in [1.807, 2.05) is 19.1 Å². The number of fused-ring (bicyclic) bond motifs is 2. The molecule has 6 nitrogen and oxygen atoms in total. The highest BCUT2D eigenvalue weighted by molar-refractivity contribution is 6.30. The monoisotopic (exact) mass is 384 g/mol. The molecule has 0 fully saturated rings. The second-order valence-corrected chi connectivity index (χ2v) is 6.99. The Balaban J connectivity index is 1.48. The highest BCUT2D eigenvalue weighted by Gasteiger charge is 2.27. The van der Waals surface area contributed by atoms with Crippen molar-refractivity contribution < 1.29 is 14.3 Å². The average molecular weight is 385 g/mol. The van der Waals surface area contributed by atoms with Crippen molar-refractivity contribution in [1.29, 1.82) is 0 Å². The molecule has 7 heteroatoms. The normalized spacial score (nSPS) is 15.9. The van der Waals surface area contributed by atoms with E-state index in [9.17, 15) is 9.59 Å². The zero-order chi connectivity index (χ0) is 19.0. The highest BCUT2D eigenvalue weighted by atomic mass is 35.5. The van der Waals surface area contributed by atoms with E-state index < -0.39 is 11.9 Å². The van der Waals surface area contributed by atoms with Gasteiger partial charge in [-0.15, -0.1) is 0 Å². The molecule has 2 aromatic carbocycles. The molecule has 0 amide bonds. The molecule has 3 aromatic rings. The summed E-state index contributed by atoms with van der Waals surface area (Å²) in [6, 6.07) is 10.7. The number of nitrogens with one attached hydrogen (secondary N) is 1. The van der Waals surface area contributed by atoms with Gasteiger partial charge in [0.1, 0.15) is 24.8 Å². The van der Waals surface area contributed by atoms with Crippen LogP contribution in [0.25, 0.3) is 10.9 Å². The summed E-state index contributed by atoms with van der Waals surface area (Å²) in [6.45, 7) is 2.03. The molecule has 1 atom stereocenters. The van der Waals surface area contributed by atoms with Gasteiger partial charge in [0, 0.05) is 5.02 Å². The number of aromatic amines is 1. The first-order valence-corrected chi connectivity index (χ1v) is 8.95. The number of hydrogen-bond donors (Lipinski definition) is 1. The number of para-hydroxylation sites is 1. The Kier molecular flexibility index (Phi) is 4.58. The predicted molar refractivity (Wildman–Crippen MR) is 101 cm³/mol. The molecular formula is C20H17ClN2O4. The summed E-state index contributed by atoms with van der Waals surface area (Å²) in [6.07, 6.45) is 0.496. The van der Waals surface area contributed by atoms with Crippen molar-refractivity contribution in [3.8, 4) is 5.75 Å². The van der Waals surface area contributed by atoms with Crippen molar-refractivity contribution in [2.75, 3.05) is 6.61 Å². The Hall–Kier alpha value is -2.86. The van der Waals surface area contributed by atoms with E-state index in [0.717, 1.165) is 16.9 Å². The number of hydrogen-bond acceptors (Lipinski definition) is 5. The number of rotatable bonds is 3. The summed E-state index contributed by atoms with van der Waals surface area (Å²) < 4.78 is 11.0. The maximum Gasteiger partial charge on any atom is 0.313 e. The van der Waals surface area contributed by atoms with Gasteiger partial charge in [0.15, 0.2) is 0 Å². The summed E-state index contributed by atoms with van der Waals surface area (Å²) in [4.78, 5) is 31.7. The largest absolute Gasteiger partial charge is 0.492 e. The van der Waals surface area contributed by atoms with Crippen LogP contribution in [0.4, 0.5) is 0 Å². The molecule has 138 valence electrons. The second-order valence-electron chi connectivity index (χ2n) is 6.56. The van der Waals surface area contributed by atoms with Crippen molar-refractivity contribution in [3.63, 3.8) is 0 Å². The van der Waals surface area contributed by atoms with Crippen LogP contribution in [0.5, 0.6) is 5.75 Å². The molecule has 1 N–H and O–H groups in total. The van der Waals surface area contributed by atoms with E-state index in [1.54, 1.807) is 24.3 Å². The first kappa shape index (κ1) is 17.5. The van der Waals surface area contributed by atoms with Crippen molar-refractivity contribution in [3.05, 3.63) is 68.7 Å². The van der Waals surface area contributed by atoms with E-state index in [2.05, 4.69) is 9.97 Å². The number of esters is 1.